The SMILES string of the molecule is CC1(C)c2ccc(N(c3ccc(-c4ccccc4)cc3)c3ccc4oc5ccccc5c4c3)cc2-c2c1ccc1c2oc2ccccc21. The van der Waals surface area contributed by atoms with Gasteiger partial charge in [-0.3, -0.25) is 0 Å². The molecule has 0 unspecified atom stereocenters. The van der Waals surface area contributed by atoms with Crippen LogP contribution in [0.2, 0.25) is 0 Å². The third-order valence-corrected chi connectivity index (χ3v) is 10.3. The number of nitrogens with zero attached hydrogens (tertiary/aromatic N) is 1. The minimum absolute atomic E-state index is 0.160. The molecule has 2 aromatic heterocycles. The van der Waals surface area contributed by atoms with Crippen molar-refractivity contribution in [3.05, 3.63) is 163 Å². The topological polar surface area (TPSA) is 29.5 Å². The number of para-hydroxylation sites is 2. The average Bonchev–Trinajstić information content (AvgIpc) is 3.77. The molecule has 48 heavy (non-hydrogen) atoms. The van der Waals surface area contributed by atoms with Crippen LogP contribution >= 0.6 is 0 Å². The fourth-order valence-corrected chi connectivity index (χ4v) is 7.88. The maximum atomic E-state index is 6.63. The highest BCUT2D eigenvalue weighted by Crippen LogP contribution is 2.54. The molecular formula is C45H31NO2. The van der Waals surface area contributed by atoms with E-state index in [4.69, 9.17) is 8.83 Å². The molecule has 9 aromatic rings. The van der Waals surface area contributed by atoms with Crippen molar-refractivity contribution >= 4 is 60.9 Å². The van der Waals surface area contributed by atoms with Crippen molar-refractivity contribution in [3.8, 4) is 22.3 Å². The predicted octanol–water partition coefficient (Wildman–Crippen LogP) is 12.9. The summed E-state index contributed by atoms with van der Waals surface area (Å²) < 4.78 is 12.8. The molecule has 2 heterocycles. The second-order valence-electron chi connectivity index (χ2n) is 13.3. The van der Waals surface area contributed by atoms with Crippen molar-refractivity contribution in [1.82, 2.24) is 0 Å². The lowest BCUT2D eigenvalue weighted by Gasteiger charge is -2.27. The van der Waals surface area contributed by atoms with Crippen molar-refractivity contribution < 1.29 is 8.83 Å². The van der Waals surface area contributed by atoms with Gasteiger partial charge in [0.15, 0.2) is 0 Å². The van der Waals surface area contributed by atoms with E-state index in [1.165, 1.54) is 33.4 Å². The van der Waals surface area contributed by atoms with E-state index in [2.05, 4.69) is 152 Å². The molecule has 1 aliphatic carbocycles. The molecule has 3 heteroatoms. The second-order valence-corrected chi connectivity index (χ2v) is 13.3. The Morgan fingerprint density at radius 1 is 0.438 bits per heavy atom. The van der Waals surface area contributed by atoms with E-state index in [1.807, 2.05) is 18.2 Å². The molecule has 228 valence electrons. The Morgan fingerprint density at radius 3 is 1.81 bits per heavy atom. The lowest BCUT2D eigenvalue weighted by Crippen LogP contribution is -2.15. The highest BCUT2D eigenvalue weighted by molar-refractivity contribution is 6.12. The Morgan fingerprint density at radius 2 is 1.02 bits per heavy atom. The minimum atomic E-state index is -0.160. The molecule has 7 aromatic carbocycles. The third kappa shape index (κ3) is 3.88. The van der Waals surface area contributed by atoms with Gasteiger partial charge in [-0.2, -0.15) is 0 Å². The van der Waals surface area contributed by atoms with Gasteiger partial charge >= 0.3 is 0 Å². The van der Waals surface area contributed by atoms with Crippen molar-refractivity contribution in [2.24, 2.45) is 0 Å². The Bertz CT molecular complexity index is 2690. The number of fused-ring (bicyclic) bond motifs is 10. The molecule has 0 spiro atoms. The molecule has 1 aliphatic rings. The van der Waals surface area contributed by atoms with Crippen LogP contribution in [0.25, 0.3) is 66.1 Å². The van der Waals surface area contributed by atoms with Crippen molar-refractivity contribution in [2.75, 3.05) is 4.90 Å². The Balaban J connectivity index is 1.20. The van der Waals surface area contributed by atoms with Crippen LogP contribution in [0, 0.1) is 0 Å². The summed E-state index contributed by atoms with van der Waals surface area (Å²) in [6.45, 7) is 4.65. The molecular weight excluding hydrogens is 587 g/mol. The summed E-state index contributed by atoms with van der Waals surface area (Å²) in [4.78, 5) is 2.36. The van der Waals surface area contributed by atoms with E-state index in [0.717, 1.165) is 60.9 Å². The Hall–Kier alpha value is -6.06. The standard InChI is InChI=1S/C45H31NO2/c1-45(2)38-23-20-31(27-37(38)43-39(45)24-22-35-33-12-6-9-15-41(33)48-44(35)43)46(30-18-16-29(17-19-30)28-10-4-3-5-11-28)32-21-25-42-36(26-32)34-13-7-8-14-40(34)47-42/h3-27H,1-2H3. The lowest BCUT2D eigenvalue weighted by molar-refractivity contribution is 0.653. The maximum absolute atomic E-state index is 6.63. The molecule has 0 N–H and O–H groups in total. The average molecular weight is 618 g/mol. The van der Waals surface area contributed by atoms with E-state index in [9.17, 15) is 0 Å². The van der Waals surface area contributed by atoms with E-state index >= 15 is 0 Å². The van der Waals surface area contributed by atoms with E-state index in [-0.39, 0.29) is 5.41 Å². The van der Waals surface area contributed by atoms with Crippen LogP contribution in [0.1, 0.15) is 25.0 Å². The van der Waals surface area contributed by atoms with E-state index in [0.29, 0.717) is 0 Å². The normalized spacial score (nSPS) is 13.4. The number of furan rings is 2. The van der Waals surface area contributed by atoms with Crippen molar-refractivity contribution in [1.29, 1.82) is 0 Å². The zero-order chi connectivity index (χ0) is 32.0. The quantitative estimate of drug-likeness (QED) is 0.197. The van der Waals surface area contributed by atoms with Gasteiger partial charge in [-0.05, 0) is 82.4 Å². The summed E-state index contributed by atoms with van der Waals surface area (Å²) in [5.74, 6) is 0. The summed E-state index contributed by atoms with van der Waals surface area (Å²) in [6.07, 6.45) is 0. The van der Waals surface area contributed by atoms with Gasteiger partial charge in [0.25, 0.3) is 0 Å². The monoisotopic (exact) mass is 617 g/mol. The van der Waals surface area contributed by atoms with Crippen LogP contribution in [0.5, 0.6) is 0 Å². The van der Waals surface area contributed by atoms with Crippen molar-refractivity contribution in [2.45, 2.75) is 19.3 Å². The van der Waals surface area contributed by atoms with E-state index in [1.54, 1.807) is 0 Å². The highest BCUT2D eigenvalue weighted by atomic mass is 16.3. The number of rotatable bonds is 4. The maximum Gasteiger partial charge on any atom is 0.143 e. The molecule has 3 nitrogen and oxygen atoms in total. The third-order valence-electron chi connectivity index (χ3n) is 10.3. The van der Waals surface area contributed by atoms with Crippen LogP contribution in [0.4, 0.5) is 17.1 Å². The molecule has 10 rings (SSSR count). The first-order valence-corrected chi connectivity index (χ1v) is 16.5. The van der Waals surface area contributed by atoms with E-state index < -0.39 is 0 Å². The minimum Gasteiger partial charge on any atom is -0.456 e. The zero-order valence-electron chi connectivity index (χ0n) is 26.7. The molecule has 0 aliphatic heterocycles. The molecule has 0 amide bonds. The highest BCUT2D eigenvalue weighted by Gasteiger charge is 2.38. The fraction of sp³-hybridized carbons (Fsp3) is 0.0667. The number of anilines is 3. The first-order chi connectivity index (χ1) is 23.5. The molecule has 0 saturated heterocycles. The fourth-order valence-electron chi connectivity index (χ4n) is 7.88. The summed E-state index contributed by atoms with van der Waals surface area (Å²) in [5.41, 5.74) is 14.2. The van der Waals surface area contributed by atoms with Gasteiger partial charge in [0.05, 0.1) is 0 Å². The predicted molar refractivity (Wildman–Crippen MR) is 199 cm³/mol. The van der Waals surface area contributed by atoms with Gasteiger partial charge in [0.2, 0.25) is 0 Å². The van der Waals surface area contributed by atoms with Crippen LogP contribution in [0.3, 0.4) is 0 Å². The van der Waals surface area contributed by atoms with Gasteiger partial charge < -0.3 is 13.7 Å². The van der Waals surface area contributed by atoms with Crippen LogP contribution in [0.15, 0.2) is 160 Å². The zero-order valence-corrected chi connectivity index (χ0v) is 26.7. The van der Waals surface area contributed by atoms with Gasteiger partial charge in [-0.1, -0.05) is 111 Å². The summed E-state index contributed by atoms with van der Waals surface area (Å²) in [7, 11) is 0. The number of hydrogen-bond donors (Lipinski definition) is 0. The van der Waals surface area contributed by atoms with Crippen molar-refractivity contribution in [3.63, 3.8) is 0 Å². The van der Waals surface area contributed by atoms with Gasteiger partial charge in [0.1, 0.15) is 22.3 Å². The summed E-state index contributed by atoms with van der Waals surface area (Å²) in [6, 6.07) is 54.0. The largest absolute Gasteiger partial charge is 0.456 e. The Kier molecular flexibility index (Phi) is 5.63. The first kappa shape index (κ1) is 27.1. The number of benzene rings is 7. The first-order valence-electron chi connectivity index (χ1n) is 16.5. The molecule has 0 saturated carbocycles. The summed E-state index contributed by atoms with van der Waals surface area (Å²) in [5, 5.41) is 4.53. The number of hydrogen-bond acceptors (Lipinski definition) is 3. The smallest absolute Gasteiger partial charge is 0.143 e. The van der Waals surface area contributed by atoms with Gasteiger partial charge in [0, 0.05) is 49.6 Å². The lowest BCUT2D eigenvalue weighted by atomic mass is 9.82. The van der Waals surface area contributed by atoms with Gasteiger partial charge in [-0.25, -0.2) is 0 Å². The Labute approximate surface area is 278 Å². The molecule has 0 fully saturated rings. The molecule has 0 atom stereocenters. The van der Waals surface area contributed by atoms with Crippen LogP contribution in [-0.4, -0.2) is 0 Å². The van der Waals surface area contributed by atoms with Crippen LogP contribution < -0.4 is 4.90 Å². The van der Waals surface area contributed by atoms with Crippen LogP contribution in [-0.2, 0) is 5.41 Å². The van der Waals surface area contributed by atoms with Gasteiger partial charge in [-0.15, -0.1) is 0 Å². The summed E-state index contributed by atoms with van der Waals surface area (Å²) >= 11 is 0. The second kappa shape index (κ2) is 9.97. The molecule has 0 bridgehead atoms. The molecule has 0 radical (unpaired) electrons.